The lowest BCUT2D eigenvalue weighted by Crippen LogP contribution is -2.25. The summed E-state index contributed by atoms with van der Waals surface area (Å²) in [5, 5.41) is 7.07. The maximum Gasteiger partial charge on any atom is 0.573 e. The quantitative estimate of drug-likeness (QED) is 0.135. The van der Waals surface area contributed by atoms with Crippen molar-refractivity contribution in [2.75, 3.05) is 11.9 Å². The molecule has 1 aliphatic carbocycles. The largest absolute Gasteiger partial charge is 0.573 e. The lowest BCUT2D eigenvalue weighted by molar-refractivity contribution is -0.274. The van der Waals surface area contributed by atoms with Crippen molar-refractivity contribution >= 4 is 11.6 Å². The van der Waals surface area contributed by atoms with Crippen LogP contribution in [0.15, 0.2) is 71.7 Å². The highest BCUT2D eigenvalue weighted by atomic mass is 19.4. The number of hydrogen-bond acceptors (Lipinski definition) is 5. The van der Waals surface area contributed by atoms with Gasteiger partial charge in [-0.05, 0) is 85.5 Å². The molecule has 2 N–H and O–H groups in total. The summed E-state index contributed by atoms with van der Waals surface area (Å²) < 4.78 is 85.4. The highest BCUT2D eigenvalue weighted by Crippen LogP contribution is 2.35. The fourth-order valence-corrected chi connectivity index (χ4v) is 4.29. The molecule has 0 atom stereocenters. The summed E-state index contributed by atoms with van der Waals surface area (Å²) in [6.07, 6.45) is -6.62. The Kier molecular flexibility index (Phi) is 10.2. The molecule has 5 rings (SSSR count). The number of ether oxygens (including phenoxy) is 2. The van der Waals surface area contributed by atoms with E-state index in [4.69, 9.17) is 4.74 Å². The van der Waals surface area contributed by atoms with Crippen molar-refractivity contribution in [1.29, 1.82) is 0 Å². The molecule has 1 amide bonds. The van der Waals surface area contributed by atoms with Gasteiger partial charge in [-0.15, -0.1) is 13.2 Å². The van der Waals surface area contributed by atoms with Crippen LogP contribution in [0.2, 0.25) is 0 Å². The number of nitrogens with zero attached hydrogens (tertiary/aromatic N) is 2. The van der Waals surface area contributed by atoms with Crippen molar-refractivity contribution in [1.82, 2.24) is 14.8 Å². The molecule has 1 saturated carbocycles. The van der Waals surface area contributed by atoms with E-state index in [0.29, 0.717) is 22.7 Å². The van der Waals surface area contributed by atoms with Crippen molar-refractivity contribution < 1.29 is 40.6 Å². The summed E-state index contributed by atoms with van der Waals surface area (Å²) >= 11 is 0. The molecular weight excluding hydrogens is 606 g/mol. The van der Waals surface area contributed by atoms with Crippen LogP contribution in [0.4, 0.5) is 32.0 Å². The summed E-state index contributed by atoms with van der Waals surface area (Å²) in [7, 11) is 0. The minimum atomic E-state index is -4.87. The van der Waals surface area contributed by atoms with Gasteiger partial charge in [0, 0.05) is 29.6 Å². The number of halogens is 6. The van der Waals surface area contributed by atoms with E-state index in [1.54, 1.807) is 47.3 Å². The van der Waals surface area contributed by atoms with Crippen molar-refractivity contribution in [3.8, 4) is 34.0 Å². The van der Waals surface area contributed by atoms with E-state index in [1.165, 1.54) is 12.1 Å². The van der Waals surface area contributed by atoms with Crippen LogP contribution in [0, 0.1) is 0 Å². The maximum atomic E-state index is 13.3. The fraction of sp³-hybridized carbons (Fsp3) is 0.323. The van der Waals surface area contributed by atoms with Crippen molar-refractivity contribution in [3.63, 3.8) is 0 Å². The number of anilines is 1. The van der Waals surface area contributed by atoms with Gasteiger partial charge in [0.1, 0.15) is 17.1 Å². The molecule has 2 aromatic heterocycles. The number of nitrogens with one attached hydrogen (secondary N) is 2. The predicted molar refractivity (Wildman–Crippen MR) is 155 cm³/mol. The number of benzene rings is 2. The molecule has 0 saturated heterocycles. The van der Waals surface area contributed by atoms with Crippen molar-refractivity contribution in [2.24, 2.45) is 0 Å². The van der Waals surface area contributed by atoms with Gasteiger partial charge in [-0.3, -0.25) is 14.3 Å². The van der Waals surface area contributed by atoms with Crippen LogP contribution in [0.25, 0.3) is 22.5 Å². The normalized spacial score (nSPS) is 13.1. The number of hydrogen-bond donors (Lipinski definition) is 2. The third-order valence-corrected chi connectivity index (χ3v) is 6.45. The highest BCUT2D eigenvalue weighted by Gasteiger charge is 2.31. The Balaban J connectivity index is 0.00000226. The molecule has 0 unspecified atom stereocenters. The molecule has 0 spiro atoms. The summed E-state index contributed by atoms with van der Waals surface area (Å²) in [6.45, 7) is 3.88. The molecule has 1 fully saturated rings. The first-order valence-electron chi connectivity index (χ1n) is 14.1. The molecule has 14 heteroatoms. The lowest BCUT2D eigenvalue weighted by Gasteiger charge is -2.13. The van der Waals surface area contributed by atoms with Crippen LogP contribution in [-0.4, -0.2) is 39.8 Å². The first-order valence-corrected chi connectivity index (χ1v) is 14.1. The average molecular weight is 637 g/mol. The van der Waals surface area contributed by atoms with Crippen LogP contribution in [0.1, 0.15) is 55.9 Å². The van der Waals surface area contributed by atoms with Gasteiger partial charge in [-0.2, -0.15) is 18.3 Å². The summed E-state index contributed by atoms with van der Waals surface area (Å²) in [6, 6.07) is 14.3. The highest BCUT2D eigenvalue weighted by molar-refractivity contribution is 6.08. The SMILES string of the molecule is CC.O=C(Nc1ccc(OC(F)(F)F)cc1)c1c(-c2ccn(C3CC3)n2)cc(-c2ccc(OCCCC(F)(F)F)cc2)[nH]c1=O. The van der Waals surface area contributed by atoms with Crippen LogP contribution < -0.4 is 20.3 Å². The average Bonchev–Trinajstić information content (AvgIpc) is 3.72. The van der Waals surface area contributed by atoms with Gasteiger partial charge in [-0.1, -0.05) is 13.8 Å². The molecule has 0 aliphatic heterocycles. The Morgan fingerprint density at radius 3 is 2.22 bits per heavy atom. The number of pyridine rings is 1. The molecule has 45 heavy (non-hydrogen) atoms. The van der Waals surface area contributed by atoms with E-state index in [1.807, 2.05) is 13.8 Å². The molecule has 8 nitrogen and oxygen atoms in total. The molecule has 240 valence electrons. The summed E-state index contributed by atoms with van der Waals surface area (Å²) in [4.78, 5) is 29.3. The molecule has 0 radical (unpaired) electrons. The van der Waals surface area contributed by atoms with E-state index < -0.39 is 36.2 Å². The first-order chi connectivity index (χ1) is 21.3. The molecule has 1 aliphatic rings. The van der Waals surface area contributed by atoms with E-state index in [-0.39, 0.29) is 35.9 Å². The number of aromatic nitrogens is 3. The zero-order chi connectivity index (χ0) is 32.8. The standard InChI is InChI=1S/C29H24F6N4O4.C2H6/c30-28(31,32)13-1-15-42-20-8-2-17(3-9-20)24-16-22(23-12-14-39(38-23)19-6-7-19)25(27(41)37-24)26(40)36-18-4-10-21(11-5-18)43-29(33,34)35;1-2/h2-5,8-12,14,16,19H,1,6-7,13,15H2,(H,36,40)(H,37,41);1-2H3. The second kappa shape index (κ2) is 13.9. The number of rotatable bonds is 10. The molecule has 2 aromatic carbocycles. The predicted octanol–water partition coefficient (Wildman–Crippen LogP) is 8.14. The monoisotopic (exact) mass is 636 g/mol. The molecular formula is C31H30F6N4O4. The third kappa shape index (κ3) is 9.37. The van der Waals surface area contributed by atoms with Crippen molar-refractivity contribution in [2.45, 2.75) is 58.1 Å². The Morgan fingerprint density at radius 2 is 1.62 bits per heavy atom. The molecule has 2 heterocycles. The number of amides is 1. The van der Waals surface area contributed by atoms with Gasteiger partial charge in [0.05, 0.1) is 18.3 Å². The van der Waals surface area contributed by atoms with E-state index in [0.717, 1.165) is 25.0 Å². The number of aromatic amines is 1. The van der Waals surface area contributed by atoms with E-state index >= 15 is 0 Å². The first kappa shape index (κ1) is 33.1. The topological polar surface area (TPSA) is 98.2 Å². The Bertz CT molecular complexity index is 1640. The smallest absolute Gasteiger partial charge is 0.494 e. The minimum absolute atomic E-state index is 0.120. The Labute approximate surface area is 254 Å². The number of carbonyl (C=O) groups excluding carboxylic acids is 1. The second-order valence-corrected chi connectivity index (χ2v) is 9.83. The third-order valence-electron chi connectivity index (χ3n) is 6.45. The zero-order valence-corrected chi connectivity index (χ0v) is 24.3. The molecule has 0 bridgehead atoms. The zero-order valence-electron chi connectivity index (χ0n) is 24.3. The van der Waals surface area contributed by atoms with Crippen LogP contribution in [0.5, 0.6) is 11.5 Å². The Hall–Kier alpha value is -4.75. The van der Waals surface area contributed by atoms with E-state index in [9.17, 15) is 35.9 Å². The maximum absolute atomic E-state index is 13.3. The minimum Gasteiger partial charge on any atom is -0.494 e. The number of carbonyl (C=O) groups is 1. The summed E-state index contributed by atoms with van der Waals surface area (Å²) in [5.74, 6) is -0.938. The van der Waals surface area contributed by atoms with E-state index in [2.05, 4.69) is 20.1 Å². The number of H-pyrrole nitrogens is 1. The van der Waals surface area contributed by atoms with Crippen LogP contribution in [0.3, 0.4) is 0 Å². The van der Waals surface area contributed by atoms with Crippen molar-refractivity contribution in [3.05, 3.63) is 82.8 Å². The van der Waals surface area contributed by atoms with Gasteiger partial charge in [-0.25, -0.2) is 0 Å². The van der Waals surface area contributed by atoms with Crippen LogP contribution in [-0.2, 0) is 0 Å². The van der Waals surface area contributed by atoms with Gasteiger partial charge < -0.3 is 19.8 Å². The van der Waals surface area contributed by atoms with Gasteiger partial charge in [0.2, 0.25) is 0 Å². The van der Waals surface area contributed by atoms with Gasteiger partial charge >= 0.3 is 12.5 Å². The van der Waals surface area contributed by atoms with Gasteiger partial charge in [0.25, 0.3) is 11.5 Å². The second-order valence-electron chi connectivity index (χ2n) is 9.83. The van der Waals surface area contributed by atoms with Gasteiger partial charge in [0.15, 0.2) is 0 Å². The lowest BCUT2D eigenvalue weighted by atomic mass is 10.0. The Morgan fingerprint density at radius 1 is 0.978 bits per heavy atom. The summed E-state index contributed by atoms with van der Waals surface area (Å²) in [5.41, 5.74) is 0.594. The fourth-order valence-electron chi connectivity index (χ4n) is 4.29. The molecule has 4 aromatic rings. The van der Waals surface area contributed by atoms with Crippen LogP contribution >= 0.6 is 0 Å². The number of alkyl halides is 6.